The number of nitrogens with one attached hydrogen (secondary N) is 1. The molecule has 0 aliphatic heterocycles. The van der Waals surface area contributed by atoms with Crippen LogP contribution in [0.4, 0.5) is 39.3 Å². The SMILES string of the molecule is Cc1nc2cc(F)c(F)cc2n1-c1nc(N)cc(Nc2ccc(C(F)(F)F)cc2)n1. The number of rotatable bonds is 3. The number of nitrogens with zero attached hydrogens (tertiary/aromatic N) is 4. The Morgan fingerprint density at radius 2 is 1.60 bits per heavy atom. The predicted octanol–water partition coefficient (Wildman–Crippen LogP) is 4.75. The Hall–Kier alpha value is -3.76. The molecule has 11 heteroatoms. The van der Waals surface area contributed by atoms with Gasteiger partial charge in [0.25, 0.3) is 0 Å². The van der Waals surface area contributed by atoms with E-state index >= 15 is 0 Å². The third kappa shape index (κ3) is 3.61. The van der Waals surface area contributed by atoms with Crippen molar-refractivity contribution in [3.05, 3.63) is 65.5 Å². The van der Waals surface area contributed by atoms with Gasteiger partial charge in [-0.05, 0) is 31.2 Å². The van der Waals surface area contributed by atoms with Crippen molar-refractivity contribution in [2.75, 3.05) is 11.1 Å². The van der Waals surface area contributed by atoms with E-state index in [0.717, 1.165) is 24.3 Å². The van der Waals surface area contributed by atoms with Crippen LogP contribution in [-0.2, 0) is 6.18 Å². The Bertz CT molecular complexity index is 1250. The number of fused-ring (bicyclic) bond motifs is 1. The van der Waals surface area contributed by atoms with E-state index in [0.29, 0.717) is 11.5 Å². The zero-order valence-corrected chi connectivity index (χ0v) is 15.3. The number of imidazole rings is 1. The van der Waals surface area contributed by atoms with E-state index in [1.54, 1.807) is 6.92 Å². The van der Waals surface area contributed by atoms with Gasteiger partial charge in [0.05, 0.1) is 16.6 Å². The van der Waals surface area contributed by atoms with Crippen molar-refractivity contribution in [1.29, 1.82) is 0 Å². The van der Waals surface area contributed by atoms with E-state index in [2.05, 4.69) is 20.3 Å². The van der Waals surface area contributed by atoms with Crippen LogP contribution in [0, 0.1) is 18.6 Å². The molecule has 4 aromatic rings. The van der Waals surface area contributed by atoms with Crippen LogP contribution in [0.2, 0.25) is 0 Å². The maximum Gasteiger partial charge on any atom is 0.416 e. The van der Waals surface area contributed by atoms with Gasteiger partial charge in [-0.2, -0.15) is 23.1 Å². The monoisotopic (exact) mass is 420 g/mol. The van der Waals surface area contributed by atoms with E-state index in [1.807, 2.05) is 0 Å². The van der Waals surface area contributed by atoms with Gasteiger partial charge in [0.2, 0.25) is 5.95 Å². The minimum absolute atomic E-state index is 0.0374. The first-order valence-corrected chi connectivity index (χ1v) is 8.55. The molecule has 0 aliphatic rings. The second-order valence-electron chi connectivity index (χ2n) is 6.43. The predicted molar refractivity (Wildman–Crippen MR) is 100 cm³/mol. The summed E-state index contributed by atoms with van der Waals surface area (Å²) in [5.41, 5.74) is 5.83. The normalized spacial score (nSPS) is 11.8. The molecule has 0 saturated heterocycles. The number of halogens is 5. The van der Waals surface area contributed by atoms with Gasteiger partial charge in [-0.25, -0.2) is 13.8 Å². The van der Waals surface area contributed by atoms with Crippen LogP contribution in [0.1, 0.15) is 11.4 Å². The molecule has 2 aromatic heterocycles. The Balaban J connectivity index is 1.73. The van der Waals surface area contributed by atoms with Gasteiger partial charge in [-0.1, -0.05) is 0 Å². The molecule has 0 saturated carbocycles. The summed E-state index contributed by atoms with van der Waals surface area (Å²) >= 11 is 0. The van der Waals surface area contributed by atoms with E-state index in [1.165, 1.54) is 22.8 Å². The van der Waals surface area contributed by atoms with Crippen molar-refractivity contribution < 1.29 is 22.0 Å². The van der Waals surface area contributed by atoms with Gasteiger partial charge in [-0.15, -0.1) is 0 Å². The molecule has 0 unspecified atom stereocenters. The Kier molecular flexibility index (Phi) is 4.52. The summed E-state index contributed by atoms with van der Waals surface area (Å²) in [6.45, 7) is 1.60. The Morgan fingerprint density at radius 3 is 2.27 bits per heavy atom. The molecule has 6 nitrogen and oxygen atoms in total. The lowest BCUT2D eigenvalue weighted by Crippen LogP contribution is -2.08. The number of hydrogen-bond donors (Lipinski definition) is 2. The first-order valence-electron chi connectivity index (χ1n) is 8.55. The number of anilines is 3. The van der Waals surface area contributed by atoms with Crippen LogP contribution in [0.5, 0.6) is 0 Å². The molecule has 0 fully saturated rings. The maximum atomic E-state index is 13.7. The number of alkyl halides is 3. The molecule has 0 atom stereocenters. The molecule has 2 aromatic carbocycles. The van der Waals surface area contributed by atoms with Crippen molar-refractivity contribution in [3.8, 4) is 5.95 Å². The third-order valence-electron chi connectivity index (χ3n) is 4.28. The first kappa shape index (κ1) is 19.6. The fraction of sp³-hybridized carbons (Fsp3) is 0.105. The Labute approximate surface area is 166 Å². The van der Waals surface area contributed by atoms with Crippen LogP contribution in [0.15, 0.2) is 42.5 Å². The number of benzene rings is 2. The quantitative estimate of drug-likeness (QED) is 0.468. The van der Waals surface area contributed by atoms with Gasteiger partial charge in [0, 0.05) is 23.9 Å². The highest BCUT2D eigenvalue weighted by atomic mass is 19.4. The molecule has 3 N–H and O–H groups in total. The third-order valence-corrected chi connectivity index (χ3v) is 4.28. The smallest absolute Gasteiger partial charge is 0.383 e. The molecule has 2 heterocycles. The van der Waals surface area contributed by atoms with E-state index < -0.39 is 23.4 Å². The number of nitrogen functional groups attached to an aromatic ring is 1. The van der Waals surface area contributed by atoms with Gasteiger partial charge >= 0.3 is 6.18 Å². The fourth-order valence-corrected chi connectivity index (χ4v) is 2.95. The fourth-order valence-electron chi connectivity index (χ4n) is 2.95. The van der Waals surface area contributed by atoms with Crippen molar-refractivity contribution in [3.63, 3.8) is 0 Å². The molecule has 0 amide bonds. The molecular formula is C19H13F5N6. The summed E-state index contributed by atoms with van der Waals surface area (Å²) < 4.78 is 66.8. The summed E-state index contributed by atoms with van der Waals surface area (Å²) in [6, 6.07) is 7.67. The number of nitrogens with two attached hydrogens (primary N) is 1. The average molecular weight is 420 g/mol. The molecule has 30 heavy (non-hydrogen) atoms. The summed E-state index contributed by atoms with van der Waals surface area (Å²) in [5.74, 6) is -1.45. The van der Waals surface area contributed by atoms with Gasteiger partial charge < -0.3 is 11.1 Å². The summed E-state index contributed by atoms with van der Waals surface area (Å²) in [7, 11) is 0. The molecule has 0 radical (unpaired) electrons. The van der Waals surface area contributed by atoms with Crippen LogP contribution in [0.25, 0.3) is 17.0 Å². The minimum atomic E-state index is -4.44. The first-order chi connectivity index (χ1) is 14.1. The highest BCUT2D eigenvalue weighted by Crippen LogP contribution is 2.30. The van der Waals surface area contributed by atoms with Crippen LogP contribution in [0.3, 0.4) is 0 Å². The molecule has 0 spiro atoms. The average Bonchev–Trinajstić information content (AvgIpc) is 2.96. The second-order valence-corrected chi connectivity index (χ2v) is 6.43. The largest absolute Gasteiger partial charge is 0.416 e. The molecule has 0 aliphatic carbocycles. The number of aromatic nitrogens is 4. The molecule has 154 valence electrons. The van der Waals surface area contributed by atoms with Crippen LogP contribution in [-0.4, -0.2) is 19.5 Å². The lowest BCUT2D eigenvalue weighted by Gasteiger charge is -2.11. The van der Waals surface area contributed by atoms with Gasteiger partial charge in [0.15, 0.2) is 11.6 Å². The minimum Gasteiger partial charge on any atom is -0.383 e. The number of aryl methyl sites for hydroxylation is 1. The zero-order valence-electron chi connectivity index (χ0n) is 15.3. The highest BCUT2D eigenvalue weighted by molar-refractivity contribution is 5.78. The van der Waals surface area contributed by atoms with Crippen molar-refractivity contribution in [2.45, 2.75) is 13.1 Å². The topological polar surface area (TPSA) is 81.7 Å². The second kappa shape index (κ2) is 6.94. The maximum absolute atomic E-state index is 13.7. The van der Waals surface area contributed by atoms with E-state index in [4.69, 9.17) is 5.73 Å². The van der Waals surface area contributed by atoms with Crippen LogP contribution >= 0.6 is 0 Å². The summed E-state index contributed by atoms with van der Waals surface area (Å²) in [6.07, 6.45) is -4.44. The summed E-state index contributed by atoms with van der Waals surface area (Å²) in [5, 5.41) is 2.85. The highest BCUT2D eigenvalue weighted by Gasteiger charge is 2.30. The van der Waals surface area contributed by atoms with Gasteiger partial charge in [-0.3, -0.25) is 4.57 Å². The zero-order chi connectivity index (χ0) is 21.6. The lowest BCUT2D eigenvalue weighted by atomic mass is 10.2. The van der Waals surface area contributed by atoms with Crippen molar-refractivity contribution in [2.24, 2.45) is 0 Å². The standard InChI is InChI=1S/C19H13F5N6/c1-9-26-14-6-12(20)13(21)7-15(14)30(9)18-28-16(25)8-17(29-18)27-11-4-2-10(3-5-11)19(22,23)24/h2-8H,1H3,(H3,25,27,28,29). The molecule has 0 bridgehead atoms. The van der Waals surface area contributed by atoms with E-state index in [9.17, 15) is 22.0 Å². The molecule has 4 rings (SSSR count). The number of hydrogen-bond acceptors (Lipinski definition) is 5. The van der Waals surface area contributed by atoms with Crippen molar-refractivity contribution >= 4 is 28.4 Å². The lowest BCUT2D eigenvalue weighted by molar-refractivity contribution is -0.137. The Morgan fingerprint density at radius 1 is 0.933 bits per heavy atom. The van der Waals surface area contributed by atoms with E-state index in [-0.39, 0.29) is 28.6 Å². The molecular weight excluding hydrogens is 407 g/mol. The van der Waals surface area contributed by atoms with Crippen LogP contribution < -0.4 is 11.1 Å². The van der Waals surface area contributed by atoms with Gasteiger partial charge in [0.1, 0.15) is 17.5 Å². The summed E-state index contributed by atoms with van der Waals surface area (Å²) in [4.78, 5) is 12.6. The van der Waals surface area contributed by atoms with Crippen molar-refractivity contribution in [1.82, 2.24) is 19.5 Å².